The lowest BCUT2D eigenvalue weighted by Gasteiger charge is -2.35. The third kappa shape index (κ3) is 9.05. The number of nitrogens with zero attached hydrogens (tertiary/aromatic N) is 3. The highest BCUT2D eigenvalue weighted by Gasteiger charge is 2.28. The minimum atomic E-state index is -0.945. The van der Waals surface area contributed by atoms with Crippen LogP contribution >= 0.6 is 0 Å². The van der Waals surface area contributed by atoms with E-state index in [1.165, 1.54) is 6.42 Å². The minimum Gasteiger partial charge on any atom is -0.390 e. The summed E-state index contributed by atoms with van der Waals surface area (Å²) in [7, 11) is 2.10. The van der Waals surface area contributed by atoms with Crippen molar-refractivity contribution >= 4 is 29.1 Å². The highest BCUT2D eigenvalue weighted by molar-refractivity contribution is 6.00. The maximum atomic E-state index is 13.9. The van der Waals surface area contributed by atoms with Crippen molar-refractivity contribution in [3.05, 3.63) is 59.7 Å². The van der Waals surface area contributed by atoms with E-state index in [2.05, 4.69) is 32.8 Å². The van der Waals surface area contributed by atoms with Crippen molar-refractivity contribution in [1.29, 1.82) is 0 Å². The van der Waals surface area contributed by atoms with Crippen molar-refractivity contribution in [2.45, 2.75) is 82.5 Å². The Balaban J connectivity index is 1.31. The summed E-state index contributed by atoms with van der Waals surface area (Å²) in [5.41, 5.74) is 3.10. The standard InChI is InChI=1S/C35H50N6O4/c1-25(34(44)37-28-12-7-4-8-13-28)36-24-32(42)31(20-26-10-5-3-6-11-26)38-35(45)27-21-29(40-18-16-39(2)17-19-40)23-30(22-27)41-15-9-14-33(41)43/h3,5-6,10-11,21-23,25,28,31-32,36,42H,4,7-9,12-20,24H2,1-2H3,(H,37,44)(H,38,45)/t25-,31?,32+/m0/s1. The van der Waals surface area contributed by atoms with Crippen LogP contribution in [0.3, 0.4) is 0 Å². The molecule has 2 aromatic carbocycles. The molecule has 3 aliphatic rings. The molecular weight excluding hydrogens is 568 g/mol. The van der Waals surface area contributed by atoms with Crippen molar-refractivity contribution in [3.8, 4) is 0 Å². The Labute approximate surface area is 267 Å². The van der Waals surface area contributed by atoms with Crippen LogP contribution in [0.25, 0.3) is 0 Å². The second-order valence-corrected chi connectivity index (χ2v) is 13.0. The molecule has 2 heterocycles. The molecule has 4 N–H and O–H groups in total. The molecule has 2 aliphatic heterocycles. The van der Waals surface area contributed by atoms with Crippen molar-refractivity contribution in [3.63, 3.8) is 0 Å². The van der Waals surface area contributed by atoms with Crippen LogP contribution in [0.5, 0.6) is 0 Å². The average molecular weight is 619 g/mol. The number of piperazine rings is 1. The van der Waals surface area contributed by atoms with Gasteiger partial charge in [0.15, 0.2) is 0 Å². The number of aliphatic hydroxyl groups is 1. The van der Waals surface area contributed by atoms with Gasteiger partial charge in [-0.05, 0) is 63.4 Å². The summed E-state index contributed by atoms with van der Waals surface area (Å²) in [5.74, 6) is -0.300. The van der Waals surface area contributed by atoms with E-state index in [1.54, 1.807) is 17.9 Å². The molecule has 1 unspecified atom stereocenters. The molecule has 3 fully saturated rings. The zero-order valence-corrected chi connectivity index (χ0v) is 26.8. The molecule has 3 atom stereocenters. The van der Waals surface area contributed by atoms with Gasteiger partial charge in [0, 0.05) is 68.7 Å². The SMILES string of the molecule is C[C@H](NC[C@@H](O)C(Cc1ccccc1)NC(=O)c1cc(N2CCN(C)CC2)cc(N2CCCC2=O)c1)C(=O)NC1CCCCC1. The molecular formula is C35H50N6O4. The average Bonchev–Trinajstić information content (AvgIpc) is 3.49. The minimum absolute atomic E-state index is 0.0672. The molecule has 10 nitrogen and oxygen atoms in total. The zero-order chi connectivity index (χ0) is 31.8. The Hall–Kier alpha value is -3.47. The Kier molecular flexibility index (Phi) is 11.5. The summed E-state index contributed by atoms with van der Waals surface area (Å²) in [4.78, 5) is 45.7. The van der Waals surface area contributed by atoms with Gasteiger partial charge in [0.05, 0.1) is 18.2 Å². The van der Waals surface area contributed by atoms with E-state index in [9.17, 15) is 19.5 Å². The molecule has 5 rings (SSSR count). The summed E-state index contributed by atoms with van der Waals surface area (Å²) in [6.45, 7) is 6.10. The number of nitrogens with one attached hydrogen (secondary N) is 3. The van der Waals surface area contributed by atoms with Crippen LogP contribution in [-0.2, 0) is 16.0 Å². The monoisotopic (exact) mass is 618 g/mol. The van der Waals surface area contributed by atoms with Gasteiger partial charge in [-0.3, -0.25) is 14.4 Å². The first kappa shape index (κ1) is 32.9. The highest BCUT2D eigenvalue weighted by atomic mass is 16.3. The Morgan fingerprint density at radius 3 is 2.33 bits per heavy atom. The van der Waals surface area contributed by atoms with Gasteiger partial charge in [-0.15, -0.1) is 0 Å². The van der Waals surface area contributed by atoms with Gasteiger partial charge in [-0.1, -0.05) is 49.6 Å². The van der Waals surface area contributed by atoms with Crippen molar-refractivity contribution in [1.82, 2.24) is 20.9 Å². The first-order chi connectivity index (χ1) is 21.8. The number of benzene rings is 2. The second kappa shape index (κ2) is 15.7. The van der Waals surface area contributed by atoms with Crippen molar-refractivity contribution in [2.24, 2.45) is 0 Å². The van der Waals surface area contributed by atoms with Gasteiger partial charge in [0.1, 0.15) is 0 Å². The van der Waals surface area contributed by atoms with Gasteiger partial charge in [0.2, 0.25) is 11.8 Å². The van der Waals surface area contributed by atoms with E-state index >= 15 is 0 Å². The quantitative estimate of drug-likeness (QED) is 0.289. The normalized spacial score (nSPS) is 20.1. The number of amides is 3. The maximum absolute atomic E-state index is 13.9. The summed E-state index contributed by atoms with van der Waals surface area (Å²) in [5, 5.41) is 20.8. The van der Waals surface area contributed by atoms with E-state index in [1.807, 2.05) is 42.5 Å². The Morgan fingerprint density at radius 1 is 0.933 bits per heavy atom. The summed E-state index contributed by atoms with van der Waals surface area (Å²) in [6, 6.07) is 14.6. The van der Waals surface area contributed by atoms with Crippen LogP contribution in [0.4, 0.5) is 11.4 Å². The van der Waals surface area contributed by atoms with Gasteiger partial charge in [-0.25, -0.2) is 0 Å². The number of hydrogen-bond acceptors (Lipinski definition) is 7. The third-order valence-corrected chi connectivity index (χ3v) is 9.48. The molecule has 2 aromatic rings. The van der Waals surface area contributed by atoms with Crippen LogP contribution < -0.4 is 25.8 Å². The maximum Gasteiger partial charge on any atom is 0.251 e. The topological polar surface area (TPSA) is 117 Å². The molecule has 0 spiro atoms. The van der Waals surface area contributed by atoms with Gasteiger partial charge < -0.3 is 35.8 Å². The Morgan fingerprint density at radius 2 is 1.64 bits per heavy atom. The molecule has 10 heteroatoms. The lowest BCUT2D eigenvalue weighted by Crippen LogP contribution is -2.53. The van der Waals surface area contributed by atoms with Gasteiger partial charge in [-0.2, -0.15) is 0 Å². The number of likely N-dealkylation sites (N-methyl/N-ethyl adjacent to an activating group) is 1. The third-order valence-electron chi connectivity index (χ3n) is 9.48. The molecule has 0 radical (unpaired) electrons. The first-order valence-electron chi connectivity index (χ1n) is 16.7. The second-order valence-electron chi connectivity index (χ2n) is 13.0. The predicted molar refractivity (Wildman–Crippen MR) is 178 cm³/mol. The van der Waals surface area contributed by atoms with E-state index in [0.717, 1.165) is 75.2 Å². The lowest BCUT2D eigenvalue weighted by molar-refractivity contribution is -0.123. The largest absolute Gasteiger partial charge is 0.390 e. The van der Waals surface area contributed by atoms with Gasteiger partial charge in [0.25, 0.3) is 5.91 Å². The zero-order valence-electron chi connectivity index (χ0n) is 26.8. The highest BCUT2D eigenvalue weighted by Crippen LogP contribution is 2.29. The number of aliphatic hydroxyl groups excluding tert-OH is 1. The van der Waals surface area contributed by atoms with Crippen LogP contribution in [0.15, 0.2) is 48.5 Å². The smallest absolute Gasteiger partial charge is 0.251 e. The molecule has 1 aliphatic carbocycles. The summed E-state index contributed by atoms with van der Waals surface area (Å²) >= 11 is 0. The van der Waals surface area contributed by atoms with Gasteiger partial charge >= 0.3 is 0 Å². The fraction of sp³-hybridized carbons (Fsp3) is 0.571. The van der Waals surface area contributed by atoms with Crippen molar-refractivity contribution < 1.29 is 19.5 Å². The molecule has 244 valence electrons. The molecule has 1 saturated carbocycles. The van der Waals surface area contributed by atoms with Crippen LogP contribution in [0.2, 0.25) is 0 Å². The summed E-state index contributed by atoms with van der Waals surface area (Å²) < 4.78 is 0. The van der Waals surface area contributed by atoms with Crippen molar-refractivity contribution in [2.75, 3.05) is 56.1 Å². The van der Waals surface area contributed by atoms with E-state index in [4.69, 9.17) is 0 Å². The number of carbonyl (C=O) groups excluding carboxylic acids is 3. The van der Waals surface area contributed by atoms with Crippen LogP contribution in [-0.4, -0.2) is 98.3 Å². The number of rotatable bonds is 12. The fourth-order valence-corrected chi connectivity index (χ4v) is 6.56. The fourth-order valence-electron chi connectivity index (χ4n) is 6.56. The number of anilines is 2. The van der Waals surface area contributed by atoms with E-state index in [-0.39, 0.29) is 30.3 Å². The molecule has 0 aromatic heterocycles. The van der Waals surface area contributed by atoms with Crippen LogP contribution in [0.1, 0.15) is 67.8 Å². The molecule has 3 amide bonds. The van der Waals surface area contributed by atoms with E-state index < -0.39 is 18.2 Å². The van der Waals surface area contributed by atoms with E-state index in [0.29, 0.717) is 24.9 Å². The lowest BCUT2D eigenvalue weighted by atomic mass is 9.95. The summed E-state index contributed by atoms with van der Waals surface area (Å²) in [6.07, 6.45) is 6.31. The Bertz CT molecular complexity index is 1290. The predicted octanol–water partition coefficient (Wildman–Crippen LogP) is 2.69. The molecule has 2 saturated heterocycles. The molecule has 45 heavy (non-hydrogen) atoms. The number of hydrogen-bond donors (Lipinski definition) is 4. The first-order valence-corrected chi connectivity index (χ1v) is 16.7. The van der Waals surface area contributed by atoms with Crippen LogP contribution in [0, 0.1) is 0 Å². The number of carbonyl (C=O) groups is 3. The molecule has 0 bridgehead atoms.